The molecule has 0 aliphatic carbocycles. The van der Waals surface area contributed by atoms with Crippen molar-refractivity contribution < 1.29 is 4.79 Å². The van der Waals surface area contributed by atoms with Crippen molar-refractivity contribution in [2.75, 3.05) is 5.73 Å². The fourth-order valence-corrected chi connectivity index (χ4v) is 0.803. The van der Waals surface area contributed by atoms with E-state index in [0.717, 1.165) is 11.5 Å². The number of aromatic nitrogens is 2. The molecule has 48 valence electrons. The van der Waals surface area contributed by atoms with Gasteiger partial charge in [-0.25, -0.2) is 0 Å². The van der Waals surface area contributed by atoms with Gasteiger partial charge in [0.1, 0.15) is 0 Å². The van der Waals surface area contributed by atoms with E-state index in [1.165, 1.54) is 0 Å². The molecule has 9 heavy (non-hydrogen) atoms. The fourth-order valence-electron chi connectivity index (χ4n) is 0.369. The van der Waals surface area contributed by atoms with Crippen LogP contribution >= 0.6 is 11.5 Å². The van der Waals surface area contributed by atoms with Crippen molar-refractivity contribution in [3.05, 3.63) is 4.88 Å². The Labute approximate surface area is 54.8 Å². The van der Waals surface area contributed by atoms with Gasteiger partial charge in [-0.2, -0.15) is 0 Å². The first kappa shape index (κ1) is 5.96. The van der Waals surface area contributed by atoms with E-state index in [-0.39, 0.29) is 10.7 Å². The van der Waals surface area contributed by atoms with Crippen molar-refractivity contribution in [2.24, 2.45) is 5.73 Å². The quantitative estimate of drug-likeness (QED) is 0.540. The molecule has 0 spiro atoms. The van der Waals surface area contributed by atoms with Crippen LogP contribution in [-0.2, 0) is 0 Å². The monoisotopic (exact) mass is 144 g/mol. The van der Waals surface area contributed by atoms with Gasteiger partial charge in [0.15, 0.2) is 10.7 Å². The smallest absolute Gasteiger partial charge is 0.264 e. The number of hydrogen-bond acceptors (Lipinski definition) is 5. The van der Waals surface area contributed by atoms with E-state index < -0.39 is 5.91 Å². The van der Waals surface area contributed by atoms with Gasteiger partial charge in [-0.05, 0) is 11.5 Å². The lowest BCUT2D eigenvalue weighted by atomic mass is 10.5. The maximum atomic E-state index is 10.4. The Hall–Kier alpha value is -1.17. The molecular formula is C3H4N4OS. The number of nitrogens with two attached hydrogens (primary N) is 2. The number of primary amides is 1. The first-order valence-electron chi connectivity index (χ1n) is 2.09. The average Bonchev–Trinajstić information content (AvgIpc) is 2.13. The average molecular weight is 144 g/mol. The number of amides is 1. The molecule has 0 unspecified atom stereocenters. The lowest BCUT2D eigenvalue weighted by Crippen LogP contribution is -2.10. The molecule has 0 saturated heterocycles. The van der Waals surface area contributed by atoms with Gasteiger partial charge in [0.25, 0.3) is 5.91 Å². The molecule has 0 atom stereocenters. The molecule has 0 aliphatic rings. The largest absolute Gasteiger partial charge is 0.381 e. The van der Waals surface area contributed by atoms with Gasteiger partial charge >= 0.3 is 0 Å². The van der Waals surface area contributed by atoms with Crippen LogP contribution in [0.2, 0.25) is 0 Å². The van der Waals surface area contributed by atoms with Crippen LogP contribution in [0, 0.1) is 0 Å². The van der Waals surface area contributed by atoms with Gasteiger partial charge < -0.3 is 11.5 Å². The van der Waals surface area contributed by atoms with Crippen LogP contribution in [0.1, 0.15) is 9.67 Å². The third kappa shape index (κ3) is 0.968. The molecule has 1 aromatic rings. The third-order valence-corrected chi connectivity index (χ3v) is 1.49. The Bertz CT molecular complexity index is 231. The van der Waals surface area contributed by atoms with E-state index in [1.807, 2.05) is 0 Å². The van der Waals surface area contributed by atoms with Gasteiger partial charge in [-0.3, -0.25) is 4.79 Å². The summed E-state index contributed by atoms with van der Waals surface area (Å²) >= 11 is 0.897. The maximum Gasteiger partial charge on any atom is 0.264 e. The minimum absolute atomic E-state index is 0.104. The van der Waals surface area contributed by atoms with Crippen molar-refractivity contribution in [2.45, 2.75) is 0 Å². The highest BCUT2D eigenvalue weighted by Gasteiger charge is 2.08. The molecule has 4 N–H and O–H groups in total. The molecule has 1 heterocycles. The molecule has 1 rings (SSSR count). The minimum Gasteiger partial charge on any atom is -0.381 e. The highest BCUT2D eigenvalue weighted by atomic mass is 32.1. The number of rotatable bonds is 1. The summed E-state index contributed by atoms with van der Waals surface area (Å²) in [6, 6.07) is 0. The third-order valence-electron chi connectivity index (χ3n) is 0.737. The molecule has 0 aromatic carbocycles. The summed E-state index contributed by atoms with van der Waals surface area (Å²) in [5, 5.41) is 3.38. The molecule has 1 aromatic heterocycles. The van der Waals surface area contributed by atoms with E-state index >= 15 is 0 Å². The van der Waals surface area contributed by atoms with Gasteiger partial charge in [-0.1, -0.05) is 4.49 Å². The number of carbonyl (C=O) groups excluding carboxylic acids is 1. The Morgan fingerprint density at radius 1 is 1.67 bits per heavy atom. The van der Waals surface area contributed by atoms with Crippen LogP contribution in [0.25, 0.3) is 0 Å². The number of hydrogen-bond donors (Lipinski definition) is 2. The summed E-state index contributed by atoms with van der Waals surface area (Å²) < 4.78 is 3.41. The maximum absolute atomic E-state index is 10.4. The standard InChI is InChI=1S/C3H4N4OS/c4-2-1(3(5)8)9-7-6-2/h4H2,(H2,5,8). The second-order valence-corrected chi connectivity index (χ2v) is 2.11. The van der Waals surface area contributed by atoms with Crippen LogP contribution in [-0.4, -0.2) is 15.5 Å². The second-order valence-electron chi connectivity index (χ2n) is 1.35. The zero-order chi connectivity index (χ0) is 6.85. The van der Waals surface area contributed by atoms with Crippen molar-refractivity contribution in [1.29, 1.82) is 0 Å². The van der Waals surface area contributed by atoms with E-state index in [0.29, 0.717) is 0 Å². The zero-order valence-corrected chi connectivity index (χ0v) is 5.18. The van der Waals surface area contributed by atoms with Crippen LogP contribution in [0.15, 0.2) is 0 Å². The summed E-state index contributed by atoms with van der Waals surface area (Å²) in [6.45, 7) is 0. The van der Waals surface area contributed by atoms with Crippen LogP contribution in [0.3, 0.4) is 0 Å². The lowest BCUT2D eigenvalue weighted by molar-refractivity contribution is 0.100. The summed E-state index contributed by atoms with van der Waals surface area (Å²) in [7, 11) is 0. The number of carbonyl (C=O) groups is 1. The number of nitrogen functional groups attached to an aromatic ring is 1. The lowest BCUT2D eigenvalue weighted by Gasteiger charge is -1.83. The van der Waals surface area contributed by atoms with E-state index in [9.17, 15) is 4.79 Å². The molecule has 0 radical (unpaired) electrons. The Morgan fingerprint density at radius 2 is 2.33 bits per heavy atom. The molecule has 0 aliphatic heterocycles. The van der Waals surface area contributed by atoms with Crippen molar-refractivity contribution in [1.82, 2.24) is 9.59 Å². The molecule has 0 bridgehead atoms. The predicted molar refractivity (Wildman–Crippen MR) is 32.8 cm³/mol. The van der Waals surface area contributed by atoms with Crippen molar-refractivity contribution in [3.63, 3.8) is 0 Å². The summed E-state index contributed by atoms with van der Waals surface area (Å²) in [5.74, 6) is -0.477. The topological polar surface area (TPSA) is 94.9 Å². The minimum atomic E-state index is -0.581. The van der Waals surface area contributed by atoms with Crippen molar-refractivity contribution in [3.8, 4) is 0 Å². The van der Waals surface area contributed by atoms with Crippen LogP contribution < -0.4 is 11.5 Å². The highest BCUT2D eigenvalue weighted by Crippen LogP contribution is 2.09. The number of anilines is 1. The Morgan fingerprint density at radius 3 is 2.56 bits per heavy atom. The molecule has 1 amide bonds. The molecule has 0 fully saturated rings. The summed E-state index contributed by atoms with van der Waals surface area (Å²) in [6.07, 6.45) is 0. The summed E-state index contributed by atoms with van der Waals surface area (Å²) in [5.41, 5.74) is 10.0. The normalized spacial score (nSPS) is 9.33. The van der Waals surface area contributed by atoms with Gasteiger partial charge in [-0.15, -0.1) is 5.10 Å². The fraction of sp³-hybridized carbons (Fsp3) is 0. The Balaban J connectivity index is 3.08. The summed E-state index contributed by atoms with van der Waals surface area (Å²) in [4.78, 5) is 10.6. The van der Waals surface area contributed by atoms with Gasteiger partial charge in [0, 0.05) is 0 Å². The molecular weight excluding hydrogens is 140 g/mol. The number of nitrogens with zero attached hydrogens (tertiary/aromatic N) is 2. The SMILES string of the molecule is NC(=O)c1snnc1N. The van der Waals surface area contributed by atoms with Gasteiger partial charge in [0.2, 0.25) is 0 Å². The Kier molecular flexibility index (Phi) is 1.31. The first-order chi connectivity index (χ1) is 4.22. The molecule has 0 saturated carbocycles. The van der Waals surface area contributed by atoms with E-state index in [1.54, 1.807) is 0 Å². The molecule has 5 nitrogen and oxygen atoms in total. The first-order valence-corrected chi connectivity index (χ1v) is 2.87. The van der Waals surface area contributed by atoms with Crippen LogP contribution in [0.5, 0.6) is 0 Å². The van der Waals surface area contributed by atoms with Gasteiger partial charge in [0.05, 0.1) is 0 Å². The van der Waals surface area contributed by atoms with Crippen molar-refractivity contribution >= 4 is 23.3 Å². The van der Waals surface area contributed by atoms with E-state index in [2.05, 4.69) is 9.59 Å². The van der Waals surface area contributed by atoms with Crippen LogP contribution in [0.4, 0.5) is 5.82 Å². The predicted octanol–water partition coefficient (Wildman–Crippen LogP) is -0.781. The highest BCUT2D eigenvalue weighted by molar-refractivity contribution is 7.08. The van der Waals surface area contributed by atoms with E-state index in [4.69, 9.17) is 11.5 Å². The zero-order valence-electron chi connectivity index (χ0n) is 4.37. The molecule has 6 heteroatoms. The second kappa shape index (κ2) is 1.98.